The van der Waals surface area contributed by atoms with Gasteiger partial charge >= 0.3 is 0 Å². The molecule has 4 nitrogen and oxygen atoms in total. The maximum Gasteiger partial charge on any atom is 0.269 e. The van der Waals surface area contributed by atoms with Crippen LogP contribution in [0.5, 0.6) is 0 Å². The molecule has 0 saturated carbocycles. The van der Waals surface area contributed by atoms with Gasteiger partial charge in [-0.2, -0.15) is 0 Å². The van der Waals surface area contributed by atoms with Crippen LogP contribution in [0.2, 0.25) is 0 Å². The van der Waals surface area contributed by atoms with Gasteiger partial charge in [-0.1, -0.05) is 32.4 Å². The van der Waals surface area contributed by atoms with E-state index in [4.69, 9.17) is 0 Å². The van der Waals surface area contributed by atoms with Gasteiger partial charge in [-0.05, 0) is 18.4 Å². The standard InChI is InChI=1S/C13H20N2O2/c1-3-5-12(4-2)14-10-11-6-8-13(9-7-11)15(16)17/h6-9,12,14H,3-5,10H2,1-2H3. The van der Waals surface area contributed by atoms with E-state index >= 15 is 0 Å². The highest BCUT2D eigenvalue weighted by molar-refractivity contribution is 5.32. The summed E-state index contributed by atoms with van der Waals surface area (Å²) in [5, 5.41) is 14.0. The number of hydrogen-bond acceptors (Lipinski definition) is 3. The van der Waals surface area contributed by atoms with E-state index in [9.17, 15) is 10.1 Å². The van der Waals surface area contributed by atoms with Crippen LogP contribution in [0, 0.1) is 10.1 Å². The van der Waals surface area contributed by atoms with Crippen molar-refractivity contribution in [2.24, 2.45) is 0 Å². The van der Waals surface area contributed by atoms with Gasteiger partial charge in [0.25, 0.3) is 5.69 Å². The van der Waals surface area contributed by atoms with Gasteiger partial charge in [0.05, 0.1) is 4.92 Å². The van der Waals surface area contributed by atoms with E-state index in [0.29, 0.717) is 6.04 Å². The molecule has 0 aromatic heterocycles. The van der Waals surface area contributed by atoms with Gasteiger partial charge in [0, 0.05) is 24.7 Å². The Hall–Kier alpha value is -1.42. The molecule has 1 aromatic rings. The zero-order valence-electron chi connectivity index (χ0n) is 10.5. The van der Waals surface area contributed by atoms with E-state index in [1.807, 2.05) is 12.1 Å². The lowest BCUT2D eigenvalue weighted by molar-refractivity contribution is -0.384. The van der Waals surface area contributed by atoms with Crippen LogP contribution in [0.15, 0.2) is 24.3 Å². The second kappa shape index (κ2) is 7.01. The predicted molar refractivity (Wildman–Crippen MR) is 68.9 cm³/mol. The van der Waals surface area contributed by atoms with Crippen LogP contribution < -0.4 is 5.32 Å². The van der Waals surface area contributed by atoms with Gasteiger partial charge in [-0.25, -0.2) is 0 Å². The van der Waals surface area contributed by atoms with E-state index in [-0.39, 0.29) is 10.6 Å². The number of nitro groups is 1. The average molecular weight is 236 g/mol. The molecule has 1 rings (SSSR count). The first-order valence-electron chi connectivity index (χ1n) is 6.14. The third-order valence-corrected chi connectivity index (χ3v) is 2.87. The highest BCUT2D eigenvalue weighted by atomic mass is 16.6. The molecule has 1 aromatic carbocycles. The Bertz CT molecular complexity index is 349. The molecule has 0 heterocycles. The quantitative estimate of drug-likeness (QED) is 0.584. The third kappa shape index (κ3) is 4.53. The molecule has 0 spiro atoms. The first-order valence-corrected chi connectivity index (χ1v) is 6.14. The third-order valence-electron chi connectivity index (χ3n) is 2.87. The van der Waals surface area contributed by atoms with Gasteiger partial charge in [0.2, 0.25) is 0 Å². The number of nitrogens with one attached hydrogen (secondary N) is 1. The lowest BCUT2D eigenvalue weighted by atomic mass is 10.1. The van der Waals surface area contributed by atoms with Crippen molar-refractivity contribution in [1.29, 1.82) is 0 Å². The molecule has 0 bridgehead atoms. The van der Waals surface area contributed by atoms with Crippen LogP contribution in [0.25, 0.3) is 0 Å². The number of non-ortho nitro benzene ring substituents is 1. The van der Waals surface area contributed by atoms with E-state index in [1.165, 1.54) is 12.8 Å². The first kappa shape index (κ1) is 13.6. The molecule has 94 valence electrons. The Morgan fingerprint density at radius 1 is 1.29 bits per heavy atom. The lowest BCUT2D eigenvalue weighted by Gasteiger charge is -2.15. The summed E-state index contributed by atoms with van der Waals surface area (Å²) in [6.45, 7) is 5.12. The smallest absolute Gasteiger partial charge is 0.269 e. The summed E-state index contributed by atoms with van der Waals surface area (Å²) in [6, 6.07) is 7.26. The second-order valence-corrected chi connectivity index (χ2v) is 4.20. The van der Waals surface area contributed by atoms with E-state index in [2.05, 4.69) is 19.2 Å². The predicted octanol–water partition coefficient (Wildman–Crippen LogP) is 3.26. The fraction of sp³-hybridized carbons (Fsp3) is 0.538. The highest BCUT2D eigenvalue weighted by Crippen LogP contribution is 2.12. The average Bonchev–Trinajstić information content (AvgIpc) is 2.35. The molecular weight excluding hydrogens is 216 g/mol. The molecule has 1 N–H and O–H groups in total. The summed E-state index contributed by atoms with van der Waals surface area (Å²) in [5.41, 5.74) is 1.24. The summed E-state index contributed by atoms with van der Waals surface area (Å²) in [5.74, 6) is 0. The van der Waals surface area contributed by atoms with Gasteiger partial charge in [-0.3, -0.25) is 10.1 Å². The molecule has 0 aliphatic rings. The van der Waals surface area contributed by atoms with Crippen molar-refractivity contribution in [3.63, 3.8) is 0 Å². The normalized spacial score (nSPS) is 12.4. The van der Waals surface area contributed by atoms with Crippen LogP contribution in [0.4, 0.5) is 5.69 Å². The van der Waals surface area contributed by atoms with Crippen LogP contribution >= 0.6 is 0 Å². The zero-order chi connectivity index (χ0) is 12.7. The SMILES string of the molecule is CCCC(CC)NCc1ccc([N+](=O)[O-])cc1. The molecule has 0 saturated heterocycles. The number of hydrogen-bond donors (Lipinski definition) is 1. The second-order valence-electron chi connectivity index (χ2n) is 4.20. The molecule has 0 radical (unpaired) electrons. The molecule has 0 aliphatic carbocycles. The molecule has 0 fully saturated rings. The molecular formula is C13H20N2O2. The Labute approximate surface area is 102 Å². The number of nitrogens with zero attached hydrogens (tertiary/aromatic N) is 1. The minimum Gasteiger partial charge on any atom is -0.310 e. The van der Waals surface area contributed by atoms with Crippen LogP contribution in [0.3, 0.4) is 0 Å². The summed E-state index contributed by atoms with van der Waals surface area (Å²) < 4.78 is 0. The number of benzene rings is 1. The minimum absolute atomic E-state index is 0.148. The highest BCUT2D eigenvalue weighted by Gasteiger charge is 2.06. The molecule has 1 unspecified atom stereocenters. The van der Waals surface area contributed by atoms with E-state index < -0.39 is 0 Å². The van der Waals surface area contributed by atoms with Crippen molar-refractivity contribution in [3.8, 4) is 0 Å². The van der Waals surface area contributed by atoms with Crippen molar-refractivity contribution >= 4 is 5.69 Å². The van der Waals surface area contributed by atoms with Gasteiger partial charge < -0.3 is 5.32 Å². The van der Waals surface area contributed by atoms with Gasteiger partial charge in [0.1, 0.15) is 0 Å². The molecule has 0 amide bonds. The largest absolute Gasteiger partial charge is 0.310 e. The Morgan fingerprint density at radius 3 is 2.41 bits per heavy atom. The topological polar surface area (TPSA) is 55.2 Å². The van der Waals surface area contributed by atoms with Crippen molar-refractivity contribution in [2.75, 3.05) is 0 Å². The molecule has 1 atom stereocenters. The zero-order valence-corrected chi connectivity index (χ0v) is 10.5. The Kier molecular flexibility index (Phi) is 5.63. The first-order chi connectivity index (χ1) is 8.17. The van der Waals surface area contributed by atoms with E-state index in [1.54, 1.807) is 12.1 Å². The summed E-state index contributed by atoms with van der Waals surface area (Å²) in [7, 11) is 0. The fourth-order valence-electron chi connectivity index (χ4n) is 1.80. The Morgan fingerprint density at radius 2 is 1.94 bits per heavy atom. The van der Waals surface area contributed by atoms with Crippen molar-refractivity contribution in [2.45, 2.75) is 45.7 Å². The summed E-state index contributed by atoms with van der Waals surface area (Å²) >= 11 is 0. The van der Waals surface area contributed by atoms with E-state index in [0.717, 1.165) is 18.5 Å². The molecule has 0 aliphatic heterocycles. The summed E-state index contributed by atoms with van der Waals surface area (Å²) in [6.07, 6.45) is 3.45. The Balaban J connectivity index is 2.48. The maximum atomic E-state index is 10.5. The minimum atomic E-state index is -0.372. The maximum absolute atomic E-state index is 10.5. The van der Waals surface area contributed by atoms with Crippen LogP contribution in [-0.4, -0.2) is 11.0 Å². The number of nitro benzene ring substituents is 1. The monoisotopic (exact) mass is 236 g/mol. The lowest BCUT2D eigenvalue weighted by Crippen LogP contribution is -2.27. The van der Waals surface area contributed by atoms with Crippen LogP contribution in [0.1, 0.15) is 38.7 Å². The van der Waals surface area contributed by atoms with Crippen molar-refractivity contribution < 1.29 is 4.92 Å². The number of rotatable bonds is 7. The van der Waals surface area contributed by atoms with Gasteiger partial charge in [0.15, 0.2) is 0 Å². The van der Waals surface area contributed by atoms with Crippen LogP contribution in [-0.2, 0) is 6.54 Å². The van der Waals surface area contributed by atoms with Gasteiger partial charge in [-0.15, -0.1) is 0 Å². The van der Waals surface area contributed by atoms with Crippen molar-refractivity contribution in [3.05, 3.63) is 39.9 Å². The van der Waals surface area contributed by atoms with Crippen molar-refractivity contribution in [1.82, 2.24) is 5.32 Å². The molecule has 4 heteroatoms. The summed E-state index contributed by atoms with van der Waals surface area (Å²) in [4.78, 5) is 10.1. The fourth-order valence-corrected chi connectivity index (χ4v) is 1.80. The molecule has 17 heavy (non-hydrogen) atoms.